The Kier molecular flexibility index (Phi) is 5.27. The minimum Gasteiger partial charge on any atom is -0.380 e. The molecule has 0 radical (unpaired) electrons. The van der Waals surface area contributed by atoms with Gasteiger partial charge in [0.2, 0.25) is 0 Å². The topological polar surface area (TPSA) is 32.3 Å². The third-order valence-electron chi connectivity index (χ3n) is 4.12. The number of nitrogens with zero attached hydrogens (tertiary/aromatic N) is 1. The largest absolute Gasteiger partial charge is 0.380 e. The molecule has 1 fully saturated rings. The van der Waals surface area contributed by atoms with Crippen LogP contribution in [0.4, 0.5) is 10.1 Å². The van der Waals surface area contributed by atoms with Crippen LogP contribution in [0, 0.1) is 5.82 Å². The van der Waals surface area contributed by atoms with Gasteiger partial charge in [-0.25, -0.2) is 4.39 Å². The summed E-state index contributed by atoms with van der Waals surface area (Å²) in [6.45, 7) is 1.70. The molecule has 1 saturated heterocycles. The predicted molar refractivity (Wildman–Crippen MR) is 95.3 cm³/mol. The van der Waals surface area contributed by atoms with E-state index in [1.165, 1.54) is 6.07 Å². The molecule has 2 aromatic carbocycles. The molecule has 0 bridgehead atoms. The van der Waals surface area contributed by atoms with Crippen LogP contribution >= 0.6 is 23.2 Å². The van der Waals surface area contributed by atoms with Crippen molar-refractivity contribution in [2.24, 2.45) is 0 Å². The fourth-order valence-electron chi connectivity index (χ4n) is 2.82. The Morgan fingerprint density at radius 1 is 1.17 bits per heavy atom. The van der Waals surface area contributed by atoms with Crippen LogP contribution in [-0.4, -0.2) is 23.9 Å². The number of likely N-dealkylation sites (tertiary alicyclic amines) is 1. The van der Waals surface area contributed by atoms with Gasteiger partial charge in [0.05, 0.1) is 5.56 Å². The van der Waals surface area contributed by atoms with E-state index in [0.29, 0.717) is 26.9 Å². The van der Waals surface area contributed by atoms with Crippen LogP contribution in [0.3, 0.4) is 0 Å². The van der Waals surface area contributed by atoms with Crippen LogP contribution in [-0.2, 0) is 6.54 Å². The summed E-state index contributed by atoms with van der Waals surface area (Å²) in [5, 5.41) is 3.96. The average molecular weight is 367 g/mol. The smallest absolute Gasteiger partial charge is 0.256 e. The summed E-state index contributed by atoms with van der Waals surface area (Å²) >= 11 is 12.1. The molecule has 126 valence electrons. The first-order valence-corrected chi connectivity index (χ1v) is 8.57. The minimum absolute atomic E-state index is 0.0582. The summed E-state index contributed by atoms with van der Waals surface area (Å²) in [5.74, 6) is -0.437. The third-order valence-corrected chi connectivity index (χ3v) is 4.71. The third kappa shape index (κ3) is 3.65. The number of halogens is 3. The zero-order valence-electron chi connectivity index (χ0n) is 13.0. The van der Waals surface area contributed by atoms with Gasteiger partial charge in [0, 0.05) is 40.9 Å². The first-order chi connectivity index (χ1) is 11.6. The van der Waals surface area contributed by atoms with E-state index in [9.17, 15) is 9.18 Å². The lowest BCUT2D eigenvalue weighted by molar-refractivity contribution is 0.0793. The second-order valence-electron chi connectivity index (χ2n) is 5.74. The highest BCUT2D eigenvalue weighted by atomic mass is 35.5. The van der Waals surface area contributed by atoms with E-state index in [0.717, 1.165) is 25.9 Å². The molecule has 1 aliphatic rings. The van der Waals surface area contributed by atoms with E-state index in [4.69, 9.17) is 23.2 Å². The molecule has 0 aromatic heterocycles. The van der Waals surface area contributed by atoms with Crippen molar-refractivity contribution < 1.29 is 9.18 Å². The monoisotopic (exact) mass is 366 g/mol. The number of nitrogens with one attached hydrogen (secondary N) is 1. The van der Waals surface area contributed by atoms with Gasteiger partial charge in [-0.05, 0) is 43.2 Å². The van der Waals surface area contributed by atoms with Crippen LogP contribution in [0.2, 0.25) is 10.0 Å². The second-order valence-corrected chi connectivity index (χ2v) is 6.59. The van der Waals surface area contributed by atoms with Gasteiger partial charge in [0.15, 0.2) is 0 Å². The molecule has 0 saturated carbocycles. The lowest BCUT2D eigenvalue weighted by atomic mass is 10.1. The van der Waals surface area contributed by atoms with Crippen molar-refractivity contribution in [2.45, 2.75) is 19.4 Å². The molecular weight excluding hydrogens is 350 g/mol. The number of rotatable bonds is 4. The van der Waals surface area contributed by atoms with Crippen molar-refractivity contribution in [2.75, 3.05) is 18.4 Å². The number of carbonyl (C=O) groups is 1. The van der Waals surface area contributed by atoms with E-state index in [-0.39, 0.29) is 18.3 Å². The van der Waals surface area contributed by atoms with Crippen LogP contribution in [0.1, 0.15) is 28.8 Å². The van der Waals surface area contributed by atoms with Gasteiger partial charge in [-0.15, -0.1) is 0 Å². The summed E-state index contributed by atoms with van der Waals surface area (Å²) < 4.78 is 13.9. The molecule has 1 amide bonds. The minimum atomic E-state index is -0.378. The summed E-state index contributed by atoms with van der Waals surface area (Å²) in [5.41, 5.74) is 1.49. The molecule has 0 atom stereocenters. The Bertz CT molecular complexity index is 740. The number of amides is 1. The molecule has 3 rings (SSSR count). The fourth-order valence-corrected chi connectivity index (χ4v) is 3.22. The molecule has 2 aromatic rings. The van der Waals surface area contributed by atoms with Crippen LogP contribution in [0.15, 0.2) is 36.4 Å². The predicted octanol–water partition coefficient (Wildman–Crippen LogP) is 4.98. The van der Waals surface area contributed by atoms with E-state index in [2.05, 4.69) is 5.32 Å². The van der Waals surface area contributed by atoms with Gasteiger partial charge in [0.25, 0.3) is 5.91 Å². The molecule has 0 spiro atoms. The number of benzene rings is 2. The van der Waals surface area contributed by atoms with Crippen molar-refractivity contribution in [3.05, 3.63) is 63.4 Å². The van der Waals surface area contributed by atoms with Crippen LogP contribution in [0.25, 0.3) is 0 Å². The van der Waals surface area contributed by atoms with Gasteiger partial charge >= 0.3 is 0 Å². The lowest BCUT2D eigenvalue weighted by Crippen LogP contribution is -2.28. The van der Waals surface area contributed by atoms with Gasteiger partial charge in [-0.3, -0.25) is 4.79 Å². The Labute approximate surface area is 150 Å². The molecular formula is C18H17Cl2FN2O. The second kappa shape index (κ2) is 7.41. The quantitative estimate of drug-likeness (QED) is 0.827. The van der Waals surface area contributed by atoms with Crippen molar-refractivity contribution in [3.8, 4) is 0 Å². The van der Waals surface area contributed by atoms with Crippen molar-refractivity contribution in [1.82, 2.24) is 4.90 Å². The molecule has 1 heterocycles. The number of anilines is 1. The first kappa shape index (κ1) is 17.1. The van der Waals surface area contributed by atoms with Crippen molar-refractivity contribution >= 4 is 34.8 Å². The Hall–Kier alpha value is -1.78. The molecule has 6 heteroatoms. The SMILES string of the molecule is O=C(c1cc(Cl)ccc1NCc1c(F)cccc1Cl)N1CCCC1. The summed E-state index contributed by atoms with van der Waals surface area (Å²) in [7, 11) is 0. The molecule has 1 N–H and O–H groups in total. The highest BCUT2D eigenvalue weighted by Crippen LogP contribution is 2.26. The van der Waals surface area contributed by atoms with E-state index >= 15 is 0 Å². The van der Waals surface area contributed by atoms with E-state index in [1.807, 2.05) is 4.90 Å². The first-order valence-electron chi connectivity index (χ1n) is 7.82. The van der Waals surface area contributed by atoms with Gasteiger partial charge in [-0.1, -0.05) is 29.3 Å². The van der Waals surface area contributed by atoms with E-state index < -0.39 is 0 Å². The fraction of sp³-hybridized carbons (Fsp3) is 0.278. The van der Waals surface area contributed by atoms with Crippen LogP contribution < -0.4 is 5.32 Å². The maximum Gasteiger partial charge on any atom is 0.256 e. The van der Waals surface area contributed by atoms with E-state index in [1.54, 1.807) is 30.3 Å². The Morgan fingerprint density at radius 2 is 1.92 bits per heavy atom. The number of hydrogen-bond acceptors (Lipinski definition) is 2. The summed E-state index contributed by atoms with van der Waals surface area (Å²) in [6.07, 6.45) is 2.03. The lowest BCUT2D eigenvalue weighted by Gasteiger charge is -2.19. The molecule has 0 unspecified atom stereocenters. The highest BCUT2D eigenvalue weighted by molar-refractivity contribution is 6.31. The normalized spacial score (nSPS) is 14.0. The maximum absolute atomic E-state index is 13.9. The van der Waals surface area contributed by atoms with Crippen LogP contribution in [0.5, 0.6) is 0 Å². The molecule has 24 heavy (non-hydrogen) atoms. The van der Waals surface area contributed by atoms with Crippen molar-refractivity contribution in [3.63, 3.8) is 0 Å². The zero-order valence-corrected chi connectivity index (χ0v) is 14.5. The molecule has 1 aliphatic heterocycles. The Morgan fingerprint density at radius 3 is 2.62 bits per heavy atom. The molecule has 3 nitrogen and oxygen atoms in total. The number of hydrogen-bond donors (Lipinski definition) is 1. The maximum atomic E-state index is 13.9. The summed E-state index contributed by atoms with van der Waals surface area (Å²) in [4.78, 5) is 14.5. The molecule has 0 aliphatic carbocycles. The highest BCUT2D eigenvalue weighted by Gasteiger charge is 2.22. The van der Waals surface area contributed by atoms with Gasteiger partial charge in [0.1, 0.15) is 5.82 Å². The van der Waals surface area contributed by atoms with Gasteiger partial charge in [-0.2, -0.15) is 0 Å². The average Bonchev–Trinajstić information content (AvgIpc) is 3.09. The van der Waals surface area contributed by atoms with Gasteiger partial charge < -0.3 is 10.2 Å². The van der Waals surface area contributed by atoms with Crippen molar-refractivity contribution in [1.29, 1.82) is 0 Å². The Balaban J connectivity index is 1.84. The zero-order chi connectivity index (χ0) is 17.1. The number of carbonyl (C=O) groups excluding carboxylic acids is 1. The summed E-state index contributed by atoms with van der Waals surface area (Å²) in [6, 6.07) is 9.65. The standard InChI is InChI=1S/C18H17Cl2FN2O/c19-12-6-7-17(13(10-12)18(24)23-8-1-2-9-23)22-11-14-15(20)4-3-5-16(14)21/h3-7,10,22H,1-2,8-9,11H2.